The van der Waals surface area contributed by atoms with Crippen LogP contribution in [0.3, 0.4) is 0 Å². The molecule has 0 spiro atoms. The molecule has 1 aliphatic rings. The third-order valence-corrected chi connectivity index (χ3v) is 6.19. The minimum absolute atomic E-state index is 0.0570. The summed E-state index contributed by atoms with van der Waals surface area (Å²) in [7, 11) is 0. The Balaban J connectivity index is 1.79. The van der Waals surface area contributed by atoms with Crippen LogP contribution in [0.5, 0.6) is 0 Å². The van der Waals surface area contributed by atoms with Crippen molar-refractivity contribution in [3.8, 4) is 0 Å². The van der Waals surface area contributed by atoms with Crippen molar-refractivity contribution in [3.05, 3.63) is 68.5 Å². The molecular formula is C21H20Cl2N2O2S. The number of amides is 2. The molecule has 0 aliphatic carbocycles. The second-order valence-corrected chi connectivity index (χ2v) is 8.04. The van der Waals surface area contributed by atoms with Crippen molar-refractivity contribution in [1.29, 1.82) is 0 Å². The second-order valence-electron chi connectivity index (χ2n) is 6.23. The Bertz CT molecular complexity index is 904. The van der Waals surface area contributed by atoms with Crippen molar-refractivity contribution < 1.29 is 9.59 Å². The Morgan fingerprint density at radius 3 is 2.18 bits per heavy atom. The number of rotatable bonds is 6. The molecule has 28 heavy (non-hydrogen) atoms. The Morgan fingerprint density at radius 2 is 1.61 bits per heavy atom. The van der Waals surface area contributed by atoms with E-state index in [9.17, 15) is 9.59 Å². The van der Waals surface area contributed by atoms with Gasteiger partial charge in [0.15, 0.2) is 0 Å². The van der Waals surface area contributed by atoms with Gasteiger partial charge in [-0.05, 0) is 61.5 Å². The Kier molecular flexibility index (Phi) is 6.70. The number of halogens is 2. The summed E-state index contributed by atoms with van der Waals surface area (Å²) in [5.74, 6) is -0.334. The average molecular weight is 435 g/mol. The number of imide groups is 1. The molecule has 4 nitrogen and oxygen atoms in total. The fourth-order valence-electron chi connectivity index (χ4n) is 3.00. The molecule has 0 atom stereocenters. The van der Waals surface area contributed by atoms with Crippen molar-refractivity contribution in [2.45, 2.75) is 20.4 Å². The van der Waals surface area contributed by atoms with Gasteiger partial charge in [-0.1, -0.05) is 41.4 Å². The van der Waals surface area contributed by atoms with Crippen LogP contribution in [-0.4, -0.2) is 29.1 Å². The Hall–Kier alpha value is -1.95. The molecule has 1 aliphatic heterocycles. The molecule has 2 amide bonds. The monoisotopic (exact) mass is 434 g/mol. The van der Waals surface area contributed by atoms with E-state index in [0.717, 1.165) is 36.1 Å². The molecule has 0 saturated carbocycles. The topological polar surface area (TPSA) is 40.6 Å². The Morgan fingerprint density at radius 1 is 1.00 bits per heavy atom. The van der Waals surface area contributed by atoms with Gasteiger partial charge in [0.05, 0.1) is 11.4 Å². The zero-order valence-corrected chi connectivity index (χ0v) is 17.9. The van der Waals surface area contributed by atoms with E-state index >= 15 is 0 Å². The molecule has 0 radical (unpaired) electrons. The number of thioether (sulfide) groups is 1. The third-order valence-electron chi connectivity index (χ3n) is 4.57. The third kappa shape index (κ3) is 4.37. The van der Waals surface area contributed by atoms with Crippen molar-refractivity contribution in [1.82, 2.24) is 4.90 Å². The number of nitrogens with zero attached hydrogens (tertiary/aromatic N) is 2. The molecule has 3 rings (SSSR count). The van der Waals surface area contributed by atoms with Gasteiger partial charge < -0.3 is 4.90 Å². The first-order chi connectivity index (χ1) is 13.4. The SMILES string of the molecule is CCN(CC)c1ccc(/C=C2/SC(=O)N(Cc3c(Cl)cccc3Cl)C2=O)cc1. The minimum Gasteiger partial charge on any atom is -0.372 e. The highest BCUT2D eigenvalue weighted by molar-refractivity contribution is 8.18. The first-order valence-corrected chi connectivity index (χ1v) is 10.5. The Labute approximate surface area is 179 Å². The van der Waals surface area contributed by atoms with E-state index in [4.69, 9.17) is 23.2 Å². The largest absolute Gasteiger partial charge is 0.372 e. The predicted molar refractivity (Wildman–Crippen MR) is 118 cm³/mol. The summed E-state index contributed by atoms with van der Waals surface area (Å²) in [5.41, 5.74) is 2.57. The van der Waals surface area contributed by atoms with Gasteiger partial charge in [0.2, 0.25) is 0 Å². The molecule has 0 bridgehead atoms. The second kappa shape index (κ2) is 9.03. The maximum Gasteiger partial charge on any atom is 0.293 e. The number of benzene rings is 2. The van der Waals surface area contributed by atoms with E-state index in [1.807, 2.05) is 24.3 Å². The molecule has 146 valence electrons. The zero-order chi connectivity index (χ0) is 20.3. The average Bonchev–Trinajstić information content (AvgIpc) is 2.94. The molecule has 1 saturated heterocycles. The maximum atomic E-state index is 12.7. The number of carbonyl (C=O) groups is 2. The van der Waals surface area contributed by atoms with E-state index < -0.39 is 0 Å². The fourth-order valence-corrected chi connectivity index (χ4v) is 4.35. The van der Waals surface area contributed by atoms with Crippen LogP contribution in [0.1, 0.15) is 25.0 Å². The quantitative estimate of drug-likeness (QED) is 0.516. The van der Waals surface area contributed by atoms with Crippen molar-refractivity contribution >= 4 is 57.9 Å². The summed E-state index contributed by atoms with van der Waals surface area (Å²) in [6.07, 6.45) is 1.74. The molecule has 1 fully saturated rings. The maximum absolute atomic E-state index is 12.7. The molecule has 2 aromatic rings. The van der Waals surface area contributed by atoms with Crippen molar-refractivity contribution in [2.75, 3.05) is 18.0 Å². The number of carbonyl (C=O) groups excluding carboxylic acids is 2. The van der Waals surface area contributed by atoms with Gasteiger partial charge in [0, 0.05) is 34.4 Å². The van der Waals surface area contributed by atoms with Gasteiger partial charge >= 0.3 is 0 Å². The normalized spacial score (nSPS) is 15.6. The van der Waals surface area contributed by atoms with Crippen LogP contribution in [0.25, 0.3) is 6.08 Å². The minimum atomic E-state index is -0.334. The van der Waals surface area contributed by atoms with E-state index in [1.165, 1.54) is 4.90 Å². The molecule has 7 heteroatoms. The van der Waals surface area contributed by atoms with Gasteiger partial charge in [0.1, 0.15) is 0 Å². The first-order valence-electron chi connectivity index (χ1n) is 8.97. The highest BCUT2D eigenvalue weighted by atomic mass is 35.5. The van der Waals surface area contributed by atoms with E-state index in [1.54, 1.807) is 24.3 Å². The van der Waals surface area contributed by atoms with Crippen LogP contribution in [-0.2, 0) is 11.3 Å². The van der Waals surface area contributed by atoms with Gasteiger partial charge in [-0.3, -0.25) is 14.5 Å². The zero-order valence-electron chi connectivity index (χ0n) is 15.6. The fraction of sp³-hybridized carbons (Fsp3) is 0.238. The van der Waals surface area contributed by atoms with Gasteiger partial charge in [-0.15, -0.1) is 0 Å². The van der Waals surface area contributed by atoms with E-state index in [-0.39, 0.29) is 17.7 Å². The summed E-state index contributed by atoms with van der Waals surface area (Å²) in [5, 5.41) is 0.539. The summed E-state index contributed by atoms with van der Waals surface area (Å²) in [4.78, 5) is 28.9. The van der Waals surface area contributed by atoms with Crippen molar-refractivity contribution in [2.24, 2.45) is 0 Å². The standard InChI is InChI=1S/C21H20Cl2N2O2S/c1-3-24(4-2)15-10-8-14(9-11-15)12-19-20(26)25(21(27)28-19)13-16-17(22)6-5-7-18(16)23/h5-12H,3-4,13H2,1-2H3/b19-12+. The lowest BCUT2D eigenvalue weighted by molar-refractivity contribution is -0.123. The summed E-state index contributed by atoms with van der Waals surface area (Å²) in [6.45, 7) is 6.14. The number of hydrogen-bond donors (Lipinski definition) is 0. The summed E-state index contributed by atoms with van der Waals surface area (Å²) < 4.78 is 0. The van der Waals surface area contributed by atoms with Crippen LogP contribution < -0.4 is 4.90 Å². The molecule has 1 heterocycles. The van der Waals surface area contributed by atoms with Crippen LogP contribution in [0.2, 0.25) is 10.0 Å². The van der Waals surface area contributed by atoms with Gasteiger partial charge in [0.25, 0.3) is 11.1 Å². The predicted octanol–water partition coefficient (Wildman–Crippen LogP) is 6.08. The van der Waals surface area contributed by atoms with Crippen molar-refractivity contribution in [3.63, 3.8) is 0 Å². The number of anilines is 1. The highest BCUT2D eigenvalue weighted by Crippen LogP contribution is 2.35. The lowest BCUT2D eigenvalue weighted by Gasteiger charge is -2.20. The lowest BCUT2D eigenvalue weighted by Crippen LogP contribution is -2.27. The lowest BCUT2D eigenvalue weighted by atomic mass is 10.1. The van der Waals surface area contributed by atoms with E-state index in [0.29, 0.717) is 20.5 Å². The smallest absolute Gasteiger partial charge is 0.293 e. The molecule has 2 aromatic carbocycles. The van der Waals surface area contributed by atoms with E-state index in [2.05, 4.69) is 18.7 Å². The summed E-state index contributed by atoms with van der Waals surface area (Å²) in [6, 6.07) is 13.0. The highest BCUT2D eigenvalue weighted by Gasteiger charge is 2.35. The molecule has 0 unspecified atom stereocenters. The van der Waals surface area contributed by atoms with Gasteiger partial charge in [-0.2, -0.15) is 0 Å². The molecule has 0 N–H and O–H groups in total. The summed E-state index contributed by atoms with van der Waals surface area (Å²) >= 11 is 13.3. The van der Waals surface area contributed by atoms with Crippen LogP contribution in [0.4, 0.5) is 10.5 Å². The number of hydrogen-bond acceptors (Lipinski definition) is 4. The molecular weight excluding hydrogens is 415 g/mol. The van der Waals surface area contributed by atoms with Gasteiger partial charge in [-0.25, -0.2) is 0 Å². The van der Waals surface area contributed by atoms with Crippen LogP contribution >= 0.6 is 35.0 Å². The van der Waals surface area contributed by atoms with Crippen LogP contribution in [0.15, 0.2) is 47.4 Å². The first kappa shape index (κ1) is 20.8. The van der Waals surface area contributed by atoms with Crippen LogP contribution in [0, 0.1) is 0 Å². The molecule has 0 aromatic heterocycles.